The van der Waals surface area contributed by atoms with Crippen molar-refractivity contribution in [1.82, 2.24) is 4.57 Å². The van der Waals surface area contributed by atoms with Gasteiger partial charge in [0, 0.05) is 58.8 Å². The molecule has 12 rings (SSSR count). The van der Waals surface area contributed by atoms with E-state index in [9.17, 15) is 0 Å². The second-order valence-electron chi connectivity index (χ2n) is 14.9. The van der Waals surface area contributed by atoms with E-state index in [0.717, 1.165) is 55.8 Å². The first-order valence-electron chi connectivity index (χ1n) is 19.7. The zero-order valence-electron chi connectivity index (χ0n) is 31.3. The summed E-state index contributed by atoms with van der Waals surface area (Å²) in [6, 6.07) is 74.3. The predicted octanol–water partition coefficient (Wildman–Crippen LogP) is 15.9. The van der Waals surface area contributed by atoms with E-state index in [2.05, 4.69) is 210 Å². The Kier molecular flexibility index (Phi) is 7.40. The van der Waals surface area contributed by atoms with Crippen LogP contribution in [0.1, 0.15) is 0 Å². The molecular formula is C54H34N2OS. The lowest BCUT2D eigenvalue weighted by atomic mass is 9.99. The van der Waals surface area contributed by atoms with Gasteiger partial charge in [0.2, 0.25) is 0 Å². The molecule has 0 spiro atoms. The van der Waals surface area contributed by atoms with Crippen molar-refractivity contribution < 1.29 is 4.42 Å². The second kappa shape index (κ2) is 13.1. The molecule has 0 saturated heterocycles. The number of furan rings is 1. The Morgan fingerprint density at radius 3 is 1.88 bits per heavy atom. The Labute approximate surface area is 338 Å². The summed E-state index contributed by atoms with van der Waals surface area (Å²) in [4.78, 5) is 2.34. The summed E-state index contributed by atoms with van der Waals surface area (Å²) in [5.41, 5.74) is 13.1. The fourth-order valence-corrected chi connectivity index (χ4v) is 10.1. The van der Waals surface area contributed by atoms with Crippen LogP contribution < -0.4 is 4.90 Å². The minimum atomic E-state index is 0.862. The van der Waals surface area contributed by atoms with Gasteiger partial charge in [-0.15, -0.1) is 11.3 Å². The molecule has 0 unspecified atom stereocenters. The van der Waals surface area contributed by atoms with Crippen LogP contribution in [0.2, 0.25) is 0 Å². The number of anilines is 3. The van der Waals surface area contributed by atoms with Crippen molar-refractivity contribution in [2.45, 2.75) is 0 Å². The maximum absolute atomic E-state index is 6.67. The summed E-state index contributed by atoms with van der Waals surface area (Å²) in [5, 5.41) is 7.30. The van der Waals surface area contributed by atoms with E-state index in [1.807, 2.05) is 17.4 Å². The molecule has 0 bridgehead atoms. The van der Waals surface area contributed by atoms with Crippen LogP contribution in [0.4, 0.5) is 17.1 Å². The summed E-state index contributed by atoms with van der Waals surface area (Å²) < 4.78 is 11.7. The lowest BCUT2D eigenvalue weighted by Crippen LogP contribution is -2.10. The van der Waals surface area contributed by atoms with Gasteiger partial charge in [0.1, 0.15) is 5.58 Å². The molecule has 0 atom stereocenters. The van der Waals surface area contributed by atoms with Crippen LogP contribution in [-0.4, -0.2) is 4.57 Å². The van der Waals surface area contributed by atoms with Crippen molar-refractivity contribution in [2.24, 2.45) is 0 Å². The summed E-state index contributed by atoms with van der Waals surface area (Å²) in [6.07, 6.45) is 0. The van der Waals surface area contributed by atoms with E-state index in [1.165, 1.54) is 53.2 Å². The van der Waals surface area contributed by atoms with Gasteiger partial charge in [-0.2, -0.15) is 0 Å². The predicted molar refractivity (Wildman–Crippen MR) is 247 cm³/mol. The Morgan fingerprint density at radius 2 is 1.03 bits per heavy atom. The molecule has 4 heteroatoms. The third-order valence-corrected chi connectivity index (χ3v) is 12.8. The number of para-hydroxylation sites is 4. The van der Waals surface area contributed by atoms with Crippen molar-refractivity contribution in [3.05, 3.63) is 206 Å². The Hall–Kier alpha value is -7.40. The highest BCUT2D eigenvalue weighted by Gasteiger charge is 2.21. The van der Waals surface area contributed by atoms with Gasteiger partial charge >= 0.3 is 0 Å². The first-order valence-corrected chi connectivity index (χ1v) is 20.5. The number of fused-ring (bicyclic) bond motifs is 9. The fraction of sp³-hybridized carbons (Fsp3) is 0. The molecule has 9 aromatic carbocycles. The number of rotatable bonds is 6. The van der Waals surface area contributed by atoms with Crippen molar-refractivity contribution in [2.75, 3.05) is 4.90 Å². The lowest BCUT2D eigenvalue weighted by Gasteiger charge is -2.26. The highest BCUT2D eigenvalue weighted by molar-refractivity contribution is 7.26. The summed E-state index contributed by atoms with van der Waals surface area (Å²) in [5.74, 6) is 0. The Morgan fingerprint density at radius 1 is 0.414 bits per heavy atom. The summed E-state index contributed by atoms with van der Waals surface area (Å²) >= 11 is 1.87. The first-order chi connectivity index (χ1) is 28.8. The van der Waals surface area contributed by atoms with Gasteiger partial charge < -0.3 is 13.9 Å². The normalized spacial score (nSPS) is 11.8. The highest BCUT2D eigenvalue weighted by atomic mass is 32.1. The van der Waals surface area contributed by atoms with Crippen LogP contribution in [0.5, 0.6) is 0 Å². The van der Waals surface area contributed by atoms with Crippen LogP contribution in [-0.2, 0) is 0 Å². The Balaban J connectivity index is 0.989. The van der Waals surface area contributed by atoms with Crippen LogP contribution in [0.3, 0.4) is 0 Å². The molecule has 0 N–H and O–H groups in total. The summed E-state index contributed by atoms with van der Waals surface area (Å²) in [6.45, 7) is 0. The fourth-order valence-electron chi connectivity index (χ4n) is 8.91. The number of aromatic nitrogens is 1. The van der Waals surface area contributed by atoms with E-state index < -0.39 is 0 Å². The van der Waals surface area contributed by atoms with Gasteiger partial charge in [-0.3, -0.25) is 0 Å². The molecule has 0 aliphatic heterocycles. The van der Waals surface area contributed by atoms with E-state index >= 15 is 0 Å². The number of thiophene rings is 1. The molecule has 3 heterocycles. The minimum absolute atomic E-state index is 0.862. The second-order valence-corrected chi connectivity index (χ2v) is 15.9. The van der Waals surface area contributed by atoms with Crippen LogP contribution in [0, 0.1) is 0 Å². The van der Waals surface area contributed by atoms with Gasteiger partial charge in [-0.05, 0) is 82.9 Å². The van der Waals surface area contributed by atoms with E-state index in [0.29, 0.717) is 0 Å². The Bertz CT molecular complexity index is 3500. The van der Waals surface area contributed by atoms with Crippen LogP contribution in [0.15, 0.2) is 211 Å². The number of nitrogens with zero attached hydrogens (tertiary/aromatic N) is 2. The SMILES string of the molecule is c1ccc(-n2c3ccccc3c3ccc(N(c4ccc(-c5ccc(-c6cccc7c6sc6ccccc67)cc5)cc4)c4cccc5c4oc4ccccc45)cc32)cc1. The van der Waals surface area contributed by atoms with E-state index in [4.69, 9.17) is 4.42 Å². The lowest BCUT2D eigenvalue weighted by molar-refractivity contribution is 0.669. The van der Waals surface area contributed by atoms with Crippen molar-refractivity contribution in [3.63, 3.8) is 0 Å². The maximum atomic E-state index is 6.67. The molecule has 3 nitrogen and oxygen atoms in total. The van der Waals surface area contributed by atoms with Gasteiger partial charge in [-0.1, -0.05) is 146 Å². The number of benzene rings is 9. The minimum Gasteiger partial charge on any atom is -0.454 e. The average molecular weight is 759 g/mol. The largest absolute Gasteiger partial charge is 0.454 e. The quantitative estimate of drug-likeness (QED) is 0.168. The van der Waals surface area contributed by atoms with Crippen molar-refractivity contribution in [1.29, 1.82) is 0 Å². The van der Waals surface area contributed by atoms with Crippen LogP contribution in [0.25, 0.3) is 91.9 Å². The topological polar surface area (TPSA) is 21.3 Å². The standard InChI is InChI=1S/C54H34N2OS/c1-2-12-38(13-3-1)56-48-20-7-4-14-42(48)43-33-32-40(34-50(43)56)55(49-21-11-18-46-44-15-5-8-22-51(44)57-53(46)49)39-30-28-36(29-31-39)35-24-26-37(27-25-35)41-17-10-19-47-45-16-6-9-23-52(45)58-54(41)47/h1-34H. The van der Waals surface area contributed by atoms with Gasteiger partial charge in [-0.25, -0.2) is 0 Å². The van der Waals surface area contributed by atoms with Gasteiger partial charge in [0.05, 0.1) is 16.7 Å². The molecule has 0 fully saturated rings. The smallest absolute Gasteiger partial charge is 0.159 e. The molecular weight excluding hydrogens is 725 g/mol. The molecule has 0 saturated carbocycles. The van der Waals surface area contributed by atoms with E-state index in [1.54, 1.807) is 0 Å². The van der Waals surface area contributed by atoms with Gasteiger partial charge in [0.15, 0.2) is 5.58 Å². The molecule has 12 aromatic rings. The molecule has 58 heavy (non-hydrogen) atoms. The zero-order chi connectivity index (χ0) is 38.2. The highest BCUT2D eigenvalue weighted by Crippen LogP contribution is 2.45. The monoisotopic (exact) mass is 758 g/mol. The van der Waals surface area contributed by atoms with Crippen molar-refractivity contribution in [3.8, 4) is 27.9 Å². The number of hydrogen-bond acceptors (Lipinski definition) is 3. The molecule has 0 aliphatic carbocycles. The third kappa shape index (κ3) is 5.12. The average Bonchev–Trinajstić information content (AvgIpc) is 3.97. The van der Waals surface area contributed by atoms with Crippen molar-refractivity contribution >= 4 is 92.3 Å². The molecule has 0 aliphatic rings. The van der Waals surface area contributed by atoms with Gasteiger partial charge in [0.25, 0.3) is 0 Å². The summed E-state index contributed by atoms with van der Waals surface area (Å²) in [7, 11) is 0. The molecule has 0 amide bonds. The zero-order valence-corrected chi connectivity index (χ0v) is 32.2. The maximum Gasteiger partial charge on any atom is 0.159 e. The first kappa shape index (κ1) is 32.8. The van der Waals surface area contributed by atoms with E-state index in [-0.39, 0.29) is 0 Å². The molecule has 272 valence electrons. The molecule has 0 radical (unpaired) electrons. The molecule has 3 aromatic heterocycles. The number of hydrogen-bond donors (Lipinski definition) is 0. The van der Waals surface area contributed by atoms with Crippen LogP contribution >= 0.6 is 11.3 Å². The third-order valence-electron chi connectivity index (χ3n) is 11.6.